The van der Waals surface area contributed by atoms with Gasteiger partial charge in [0.2, 0.25) is 10.0 Å². The Morgan fingerprint density at radius 1 is 1.35 bits per heavy atom. The van der Waals surface area contributed by atoms with E-state index >= 15 is 0 Å². The highest BCUT2D eigenvalue weighted by molar-refractivity contribution is 7.89. The molecule has 1 aliphatic rings. The van der Waals surface area contributed by atoms with E-state index in [1.165, 1.54) is 12.1 Å². The topological polar surface area (TPSA) is 81.4 Å². The summed E-state index contributed by atoms with van der Waals surface area (Å²) in [5.74, 6) is 0. The molecule has 6 heteroatoms. The minimum absolute atomic E-state index is 0.00134. The lowest BCUT2D eigenvalue weighted by Gasteiger charge is -2.11. The van der Waals surface area contributed by atoms with E-state index in [1.807, 2.05) is 0 Å². The van der Waals surface area contributed by atoms with Crippen molar-refractivity contribution in [3.8, 4) is 0 Å². The van der Waals surface area contributed by atoms with Gasteiger partial charge in [-0.15, -0.1) is 0 Å². The first kappa shape index (κ1) is 12.3. The molecule has 0 bridgehead atoms. The number of hydrogen-bond acceptors (Lipinski definition) is 4. The van der Waals surface area contributed by atoms with Crippen LogP contribution in [0.1, 0.15) is 12.8 Å². The average molecular weight is 256 g/mol. The smallest absolute Gasteiger partial charge is 0.240 e. The Bertz CT molecular complexity index is 464. The highest BCUT2D eigenvalue weighted by atomic mass is 32.2. The van der Waals surface area contributed by atoms with Crippen molar-refractivity contribution < 1.29 is 13.2 Å². The molecule has 0 radical (unpaired) electrons. The van der Waals surface area contributed by atoms with E-state index in [2.05, 4.69) is 4.72 Å². The van der Waals surface area contributed by atoms with Crippen molar-refractivity contribution in [3.05, 3.63) is 24.3 Å². The third-order valence-electron chi connectivity index (χ3n) is 2.72. The molecule has 3 N–H and O–H groups in total. The molecular weight excluding hydrogens is 240 g/mol. The Morgan fingerprint density at radius 3 is 2.65 bits per heavy atom. The highest BCUT2D eigenvalue weighted by Gasteiger charge is 2.19. The van der Waals surface area contributed by atoms with E-state index in [1.54, 1.807) is 12.1 Å². The van der Waals surface area contributed by atoms with Crippen molar-refractivity contribution in [1.29, 1.82) is 0 Å². The summed E-state index contributed by atoms with van der Waals surface area (Å²) in [5.41, 5.74) is 6.05. The zero-order valence-electron chi connectivity index (χ0n) is 9.43. The van der Waals surface area contributed by atoms with E-state index in [9.17, 15) is 8.42 Å². The van der Waals surface area contributed by atoms with Crippen molar-refractivity contribution in [2.24, 2.45) is 0 Å². The summed E-state index contributed by atoms with van der Waals surface area (Å²) in [4.78, 5) is 0.227. The molecule has 1 saturated heterocycles. The zero-order chi connectivity index (χ0) is 12.3. The Balaban J connectivity index is 2.00. The summed E-state index contributed by atoms with van der Waals surface area (Å²) in [5, 5.41) is 0. The second-order valence-electron chi connectivity index (χ2n) is 4.06. The van der Waals surface area contributed by atoms with Crippen molar-refractivity contribution >= 4 is 15.7 Å². The predicted molar refractivity (Wildman–Crippen MR) is 65.0 cm³/mol. The summed E-state index contributed by atoms with van der Waals surface area (Å²) in [6.07, 6.45) is 1.90. The second kappa shape index (κ2) is 5.03. The SMILES string of the molecule is Nc1ccc(S(=O)(=O)NC[C@H]2CCCO2)cc1. The summed E-state index contributed by atoms with van der Waals surface area (Å²) in [6.45, 7) is 1.04. The van der Waals surface area contributed by atoms with Crippen LogP contribution in [0.15, 0.2) is 29.2 Å². The van der Waals surface area contributed by atoms with Gasteiger partial charge in [0.25, 0.3) is 0 Å². The first-order chi connectivity index (χ1) is 8.08. The number of nitrogens with one attached hydrogen (secondary N) is 1. The van der Waals surface area contributed by atoms with Crippen LogP contribution in [0.25, 0.3) is 0 Å². The Morgan fingerprint density at radius 2 is 2.06 bits per heavy atom. The molecule has 1 heterocycles. The van der Waals surface area contributed by atoms with Crippen LogP contribution in [0.2, 0.25) is 0 Å². The number of anilines is 1. The molecule has 17 heavy (non-hydrogen) atoms. The molecule has 2 rings (SSSR count). The average Bonchev–Trinajstić information content (AvgIpc) is 2.80. The lowest BCUT2D eigenvalue weighted by Crippen LogP contribution is -2.31. The Labute approximate surface area is 101 Å². The van der Waals surface area contributed by atoms with Crippen molar-refractivity contribution in [2.75, 3.05) is 18.9 Å². The van der Waals surface area contributed by atoms with Gasteiger partial charge >= 0.3 is 0 Å². The number of benzene rings is 1. The van der Waals surface area contributed by atoms with Crippen LogP contribution in [0.5, 0.6) is 0 Å². The number of sulfonamides is 1. The van der Waals surface area contributed by atoms with Gasteiger partial charge in [-0.2, -0.15) is 0 Å². The second-order valence-corrected chi connectivity index (χ2v) is 5.82. The molecule has 1 atom stereocenters. The van der Waals surface area contributed by atoms with Gasteiger partial charge in [0.05, 0.1) is 11.0 Å². The van der Waals surface area contributed by atoms with Gasteiger partial charge in [0, 0.05) is 18.8 Å². The fraction of sp³-hybridized carbons (Fsp3) is 0.455. The summed E-state index contributed by atoms with van der Waals surface area (Å²) in [6, 6.07) is 6.13. The van der Waals surface area contributed by atoms with E-state index in [-0.39, 0.29) is 11.0 Å². The fourth-order valence-corrected chi connectivity index (χ4v) is 2.80. The molecule has 0 unspecified atom stereocenters. The van der Waals surface area contributed by atoms with Gasteiger partial charge in [-0.05, 0) is 37.1 Å². The third kappa shape index (κ3) is 3.18. The molecular formula is C11H16N2O3S. The molecule has 94 valence electrons. The molecule has 0 aromatic heterocycles. The van der Waals surface area contributed by atoms with Crippen LogP contribution >= 0.6 is 0 Å². The number of rotatable bonds is 4. The van der Waals surface area contributed by atoms with Gasteiger partial charge in [0.15, 0.2) is 0 Å². The molecule has 1 aliphatic heterocycles. The lowest BCUT2D eigenvalue weighted by molar-refractivity contribution is 0.114. The molecule has 0 spiro atoms. The minimum Gasteiger partial charge on any atom is -0.399 e. The molecule has 0 aliphatic carbocycles. The van der Waals surface area contributed by atoms with Gasteiger partial charge in [-0.25, -0.2) is 13.1 Å². The van der Waals surface area contributed by atoms with Crippen molar-refractivity contribution in [1.82, 2.24) is 4.72 Å². The maximum atomic E-state index is 11.9. The highest BCUT2D eigenvalue weighted by Crippen LogP contribution is 2.14. The van der Waals surface area contributed by atoms with Gasteiger partial charge < -0.3 is 10.5 Å². The Kier molecular flexibility index (Phi) is 3.66. The minimum atomic E-state index is -3.45. The van der Waals surface area contributed by atoms with Crippen LogP contribution < -0.4 is 10.5 Å². The largest absolute Gasteiger partial charge is 0.399 e. The van der Waals surface area contributed by atoms with E-state index < -0.39 is 10.0 Å². The maximum Gasteiger partial charge on any atom is 0.240 e. The lowest BCUT2D eigenvalue weighted by atomic mass is 10.2. The quantitative estimate of drug-likeness (QED) is 0.778. The molecule has 0 amide bonds. The van der Waals surface area contributed by atoms with Crippen LogP contribution in [0.4, 0.5) is 5.69 Å². The number of nitrogen functional groups attached to an aromatic ring is 1. The van der Waals surface area contributed by atoms with Crippen LogP contribution in [0, 0.1) is 0 Å². The van der Waals surface area contributed by atoms with Crippen molar-refractivity contribution in [3.63, 3.8) is 0 Å². The van der Waals surface area contributed by atoms with Gasteiger partial charge in [-0.3, -0.25) is 0 Å². The first-order valence-corrected chi connectivity index (χ1v) is 7.03. The van der Waals surface area contributed by atoms with E-state index in [0.717, 1.165) is 12.8 Å². The molecule has 1 aromatic carbocycles. The van der Waals surface area contributed by atoms with E-state index in [4.69, 9.17) is 10.5 Å². The molecule has 1 aromatic rings. The fourth-order valence-electron chi connectivity index (χ4n) is 1.74. The summed E-state index contributed by atoms with van der Waals surface area (Å²) >= 11 is 0. The van der Waals surface area contributed by atoms with Gasteiger partial charge in [-0.1, -0.05) is 0 Å². The number of hydrogen-bond donors (Lipinski definition) is 2. The maximum absolute atomic E-state index is 11.9. The first-order valence-electron chi connectivity index (χ1n) is 5.55. The van der Waals surface area contributed by atoms with Crippen LogP contribution in [0.3, 0.4) is 0 Å². The van der Waals surface area contributed by atoms with Crippen LogP contribution in [-0.4, -0.2) is 27.7 Å². The standard InChI is InChI=1S/C11H16N2O3S/c12-9-3-5-11(6-4-9)17(14,15)13-8-10-2-1-7-16-10/h3-6,10,13H,1-2,7-8,12H2/t10-/m1/s1. The molecule has 0 saturated carbocycles. The Hall–Kier alpha value is -1.11. The number of nitrogens with two attached hydrogens (primary N) is 1. The monoisotopic (exact) mass is 256 g/mol. The molecule has 1 fully saturated rings. The van der Waals surface area contributed by atoms with Crippen LogP contribution in [-0.2, 0) is 14.8 Å². The third-order valence-corrected chi connectivity index (χ3v) is 4.15. The van der Waals surface area contributed by atoms with Crippen molar-refractivity contribution in [2.45, 2.75) is 23.8 Å². The van der Waals surface area contributed by atoms with Gasteiger partial charge in [0.1, 0.15) is 0 Å². The number of ether oxygens (including phenoxy) is 1. The molecule has 5 nitrogen and oxygen atoms in total. The summed E-state index contributed by atoms with van der Waals surface area (Å²) in [7, 11) is -3.45. The normalized spacial score (nSPS) is 20.6. The summed E-state index contributed by atoms with van der Waals surface area (Å²) < 4.78 is 31.7. The van der Waals surface area contributed by atoms with E-state index in [0.29, 0.717) is 18.8 Å². The zero-order valence-corrected chi connectivity index (χ0v) is 10.2. The predicted octanol–water partition coefficient (Wildman–Crippen LogP) is 0.726.